The molecule has 1 aliphatic rings. The average Bonchev–Trinajstić information content (AvgIpc) is 2.57. The van der Waals surface area contributed by atoms with Crippen molar-refractivity contribution < 1.29 is 4.79 Å². The summed E-state index contributed by atoms with van der Waals surface area (Å²) in [5.41, 5.74) is 0.525. The number of carbonyl (C=O) groups is 1. The molecule has 1 fully saturated rings. The highest BCUT2D eigenvalue weighted by atomic mass is 79.9. The number of carbonyl (C=O) groups excluding carboxylic acids is 1. The Balaban J connectivity index is 2.15. The van der Waals surface area contributed by atoms with Crippen molar-refractivity contribution in [2.24, 2.45) is 13.0 Å². The molecule has 16 heavy (non-hydrogen) atoms. The fourth-order valence-corrected chi connectivity index (χ4v) is 2.67. The molecule has 0 bridgehead atoms. The van der Waals surface area contributed by atoms with E-state index >= 15 is 0 Å². The topological polar surface area (TPSA) is 38.1 Å². The quantitative estimate of drug-likeness (QED) is 0.792. The molecule has 0 spiro atoms. The number of aromatic nitrogens is 2. The number of likely N-dealkylation sites (tertiary alicyclic amines) is 1. The third kappa shape index (κ3) is 2.29. The van der Waals surface area contributed by atoms with Gasteiger partial charge in [-0.25, -0.2) is 0 Å². The Bertz CT molecular complexity index is 402. The lowest BCUT2D eigenvalue weighted by Gasteiger charge is -2.30. The lowest BCUT2D eigenvalue weighted by molar-refractivity contribution is 0.0675. The first kappa shape index (κ1) is 11.6. The number of piperidine rings is 1. The van der Waals surface area contributed by atoms with Crippen LogP contribution in [0.2, 0.25) is 0 Å². The lowest BCUT2D eigenvalue weighted by atomic mass is 10.0. The van der Waals surface area contributed by atoms with Gasteiger partial charge in [0, 0.05) is 26.3 Å². The van der Waals surface area contributed by atoms with Gasteiger partial charge in [-0.3, -0.25) is 9.48 Å². The molecule has 88 valence electrons. The molecule has 0 aliphatic carbocycles. The van der Waals surface area contributed by atoms with Crippen molar-refractivity contribution in [2.45, 2.75) is 19.8 Å². The molecule has 0 radical (unpaired) electrons. The Morgan fingerprint density at radius 3 is 2.94 bits per heavy atom. The summed E-state index contributed by atoms with van der Waals surface area (Å²) in [5, 5.41) is 4.19. The van der Waals surface area contributed by atoms with Crippen molar-refractivity contribution in [1.29, 1.82) is 0 Å². The lowest BCUT2D eigenvalue weighted by Crippen LogP contribution is -2.39. The first-order chi connectivity index (χ1) is 7.58. The second kappa shape index (κ2) is 4.57. The van der Waals surface area contributed by atoms with Gasteiger partial charge in [0.1, 0.15) is 0 Å². The monoisotopic (exact) mass is 285 g/mol. The first-order valence-electron chi connectivity index (χ1n) is 5.56. The van der Waals surface area contributed by atoms with Crippen molar-refractivity contribution in [3.05, 3.63) is 16.4 Å². The van der Waals surface area contributed by atoms with Crippen LogP contribution in [0.15, 0.2) is 10.7 Å². The minimum atomic E-state index is 0.0408. The number of halogens is 1. The molecule has 2 rings (SSSR count). The van der Waals surface area contributed by atoms with E-state index in [2.05, 4.69) is 28.0 Å². The highest BCUT2D eigenvalue weighted by Gasteiger charge is 2.25. The molecule has 0 saturated carbocycles. The van der Waals surface area contributed by atoms with Gasteiger partial charge in [-0.15, -0.1) is 0 Å². The first-order valence-corrected chi connectivity index (χ1v) is 6.35. The molecule has 2 heterocycles. The van der Waals surface area contributed by atoms with Crippen molar-refractivity contribution >= 4 is 21.8 Å². The van der Waals surface area contributed by atoms with Crippen LogP contribution in [0.4, 0.5) is 0 Å². The van der Waals surface area contributed by atoms with Crippen molar-refractivity contribution in [3.8, 4) is 0 Å². The number of hydrogen-bond acceptors (Lipinski definition) is 2. The molecular formula is C11H16BrN3O. The summed E-state index contributed by atoms with van der Waals surface area (Å²) >= 11 is 3.37. The zero-order valence-corrected chi connectivity index (χ0v) is 11.2. The minimum Gasteiger partial charge on any atom is -0.337 e. The van der Waals surface area contributed by atoms with Crippen LogP contribution >= 0.6 is 15.9 Å². The molecule has 0 aromatic carbocycles. The van der Waals surface area contributed by atoms with Crippen LogP contribution in [0, 0.1) is 5.92 Å². The average molecular weight is 286 g/mol. The van der Waals surface area contributed by atoms with Crippen LogP contribution in [0.25, 0.3) is 0 Å². The normalized spacial score (nSPS) is 21.2. The number of nitrogens with zero attached hydrogens (tertiary/aromatic N) is 3. The van der Waals surface area contributed by atoms with Gasteiger partial charge >= 0.3 is 0 Å². The van der Waals surface area contributed by atoms with Crippen LogP contribution in [-0.4, -0.2) is 33.7 Å². The van der Waals surface area contributed by atoms with Gasteiger partial charge < -0.3 is 4.90 Å². The molecule has 1 aliphatic heterocycles. The number of aryl methyl sites for hydroxylation is 1. The maximum Gasteiger partial charge on any atom is 0.275 e. The molecule has 1 aromatic rings. The molecule has 4 nitrogen and oxygen atoms in total. The van der Waals surface area contributed by atoms with Gasteiger partial charge in [0.15, 0.2) is 5.69 Å². The van der Waals surface area contributed by atoms with E-state index in [1.807, 2.05) is 11.9 Å². The summed E-state index contributed by atoms with van der Waals surface area (Å²) in [6.07, 6.45) is 4.12. The molecular weight excluding hydrogens is 270 g/mol. The Morgan fingerprint density at radius 1 is 1.62 bits per heavy atom. The number of rotatable bonds is 1. The summed E-state index contributed by atoms with van der Waals surface area (Å²) < 4.78 is 2.43. The third-order valence-electron chi connectivity index (χ3n) is 2.93. The summed E-state index contributed by atoms with van der Waals surface area (Å²) in [4.78, 5) is 14.1. The number of amides is 1. The standard InChI is InChI=1S/C11H16BrN3O/c1-8-4-3-5-15(6-8)11(16)10-9(12)7-14(2)13-10/h7-8H,3-6H2,1-2H3. The summed E-state index contributed by atoms with van der Waals surface area (Å²) in [5.74, 6) is 0.638. The molecule has 5 heteroatoms. The summed E-state index contributed by atoms with van der Waals surface area (Å²) in [7, 11) is 1.82. The molecule has 1 unspecified atom stereocenters. The fraction of sp³-hybridized carbons (Fsp3) is 0.636. The second-order valence-corrected chi connectivity index (χ2v) is 5.35. The van der Waals surface area contributed by atoms with Crippen LogP contribution in [-0.2, 0) is 7.05 Å². The summed E-state index contributed by atoms with van der Waals surface area (Å²) in [6.45, 7) is 3.89. The smallest absolute Gasteiger partial charge is 0.275 e. The van der Waals surface area contributed by atoms with Crippen LogP contribution in [0.5, 0.6) is 0 Å². The van der Waals surface area contributed by atoms with E-state index in [1.54, 1.807) is 10.9 Å². The van der Waals surface area contributed by atoms with Crippen LogP contribution in [0.1, 0.15) is 30.3 Å². The molecule has 1 atom stereocenters. The SMILES string of the molecule is CC1CCCN(C(=O)c2nn(C)cc2Br)C1. The van der Waals surface area contributed by atoms with Crippen molar-refractivity contribution in [3.63, 3.8) is 0 Å². The molecule has 1 aromatic heterocycles. The van der Waals surface area contributed by atoms with Crippen LogP contribution in [0.3, 0.4) is 0 Å². The van der Waals surface area contributed by atoms with E-state index in [4.69, 9.17) is 0 Å². The Labute approximate surface area is 104 Å². The molecule has 1 amide bonds. The van der Waals surface area contributed by atoms with E-state index in [-0.39, 0.29) is 5.91 Å². The van der Waals surface area contributed by atoms with Crippen molar-refractivity contribution in [2.75, 3.05) is 13.1 Å². The predicted molar refractivity (Wildman–Crippen MR) is 65.2 cm³/mol. The maximum absolute atomic E-state index is 12.2. The van der Waals surface area contributed by atoms with Gasteiger partial charge in [-0.2, -0.15) is 5.10 Å². The zero-order valence-electron chi connectivity index (χ0n) is 9.61. The highest BCUT2D eigenvalue weighted by molar-refractivity contribution is 9.10. The zero-order chi connectivity index (χ0) is 11.7. The largest absolute Gasteiger partial charge is 0.337 e. The van der Waals surface area contributed by atoms with Gasteiger partial charge in [0.25, 0.3) is 5.91 Å². The van der Waals surface area contributed by atoms with Gasteiger partial charge in [0.2, 0.25) is 0 Å². The molecule has 0 N–H and O–H groups in total. The van der Waals surface area contributed by atoms with Crippen molar-refractivity contribution in [1.82, 2.24) is 14.7 Å². The van der Waals surface area contributed by atoms with Gasteiger partial charge in [-0.1, -0.05) is 6.92 Å². The van der Waals surface area contributed by atoms with E-state index < -0.39 is 0 Å². The molecule has 1 saturated heterocycles. The number of hydrogen-bond donors (Lipinski definition) is 0. The van der Waals surface area contributed by atoms with E-state index in [1.165, 1.54) is 6.42 Å². The van der Waals surface area contributed by atoms with E-state index in [9.17, 15) is 4.79 Å². The Hall–Kier alpha value is -0.840. The van der Waals surface area contributed by atoms with Gasteiger partial charge in [0.05, 0.1) is 4.47 Å². The summed E-state index contributed by atoms with van der Waals surface area (Å²) in [6, 6.07) is 0. The Kier molecular flexibility index (Phi) is 3.33. The fourth-order valence-electron chi connectivity index (χ4n) is 2.13. The highest BCUT2D eigenvalue weighted by Crippen LogP contribution is 2.21. The maximum atomic E-state index is 12.2. The van der Waals surface area contributed by atoms with Gasteiger partial charge in [-0.05, 0) is 34.7 Å². The third-order valence-corrected chi connectivity index (χ3v) is 3.51. The second-order valence-electron chi connectivity index (χ2n) is 4.50. The predicted octanol–water partition coefficient (Wildman–Crippen LogP) is 2.05. The van der Waals surface area contributed by atoms with Crippen LogP contribution < -0.4 is 0 Å². The minimum absolute atomic E-state index is 0.0408. The van der Waals surface area contributed by atoms with E-state index in [0.717, 1.165) is 24.0 Å². The van der Waals surface area contributed by atoms with E-state index in [0.29, 0.717) is 11.6 Å². The Morgan fingerprint density at radius 2 is 2.38 bits per heavy atom.